The minimum absolute atomic E-state index is 0.607. The summed E-state index contributed by atoms with van der Waals surface area (Å²) in [6, 6.07) is 0. The first-order valence-electron chi connectivity index (χ1n) is 6.10. The van der Waals surface area contributed by atoms with Crippen molar-refractivity contribution in [1.29, 1.82) is 0 Å². The van der Waals surface area contributed by atoms with E-state index in [-0.39, 0.29) is 0 Å². The van der Waals surface area contributed by atoms with Crippen LogP contribution in [0.25, 0.3) is 0 Å². The molecule has 1 rings (SSSR count). The number of piperidine rings is 1. The fourth-order valence-electron chi connectivity index (χ4n) is 2.19. The maximum absolute atomic E-state index is 5.54. The Morgan fingerprint density at radius 2 is 1.93 bits per heavy atom. The van der Waals surface area contributed by atoms with Gasteiger partial charge >= 0.3 is 0 Å². The molecule has 0 aromatic heterocycles. The van der Waals surface area contributed by atoms with Crippen molar-refractivity contribution in [2.45, 2.75) is 26.7 Å². The van der Waals surface area contributed by atoms with Crippen molar-refractivity contribution in [3.8, 4) is 0 Å². The van der Waals surface area contributed by atoms with Crippen molar-refractivity contribution in [3.63, 3.8) is 0 Å². The van der Waals surface area contributed by atoms with Crippen LogP contribution in [0.1, 0.15) is 26.7 Å². The summed E-state index contributed by atoms with van der Waals surface area (Å²) in [6.45, 7) is 9.75. The van der Waals surface area contributed by atoms with E-state index in [2.05, 4.69) is 18.7 Å². The van der Waals surface area contributed by atoms with Crippen molar-refractivity contribution in [2.24, 2.45) is 11.8 Å². The second-order valence-electron chi connectivity index (χ2n) is 4.72. The van der Waals surface area contributed by atoms with Gasteiger partial charge in [0.2, 0.25) is 0 Å². The number of hydrogen-bond donors (Lipinski definition) is 0. The molecule has 1 aliphatic heterocycles. The summed E-state index contributed by atoms with van der Waals surface area (Å²) in [5, 5.41) is 0. The molecule has 0 atom stereocenters. The minimum Gasteiger partial charge on any atom is -0.379 e. The van der Waals surface area contributed by atoms with Gasteiger partial charge in [0.15, 0.2) is 0 Å². The van der Waals surface area contributed by atoms with Crippen LogP contribution in [-0.4, -0.2) is 43.6 Å². The highest BCUT2D eigenvalue weighted by Gasteiger charge is 2.20. The maximum Gasteiger partial charge on any atom is 0.0602 e. The van der Waals surface area contributed by atoms with Crippen LogP contribution in [0, 0.1) is 11.8 Å². The molecule has 0 spiro atoms. The van der Waals surface area contributed by atoms with E-state index in [0.29, 0.717) is 12.5 Å². The fourth-order valence-corrected chi connectivity index (χ4v) is 2.30. The van der Waals surface area contributed by atoms with Gasteiger partial charge in [-0.15, -0.1) is 11.6 Å². The second-order valence-corrected chi connectivity index (χ2v) is 5.10. The summed E-state index contributed by atoms with van der Waals surface area (Å²) in [4.78, 5) is 2.51. The Balaban J connectivity index is 2.04. The van der Waals surface area contributed by atoms with Gasteiger partial charge in [0.05, 0.1) is 13.2 Å². The molecule has 0 saturated carbocycles. The van der Waals surface area contributed by atoms with Crippen LogP contribution < -0.4 is 0 Å². The van der Waals surface area contributed by atoms with Crippen LogP contribution in [0.2, 0.25) is 0 Å². The summed E-state index contributed by atoms with van der Waals surface area (Å²) >= 11 is 5.54. The molecular weight excluding hydrogens is 210 g/mol. The third-order valence-electron chi connectivity index (χ3n) is 3.35. The lowest BCUT2D eigenvalue weighted by molar-refractivity contribution is 0.0902. The number of ether oxygens (including phenoxy) is 1. The number of nitrogens with zero attached hydrogens (tertiary/aromatic N) is 1. The third kappa shape index (κ3) is 5.19. The highest BCUT2D eigenvalue weighted by Crippen LogP contribution is 2.23. The van der Waals surface area contributed by atoms with E-state index in [4.69, 9.17) is 16.3 Å². The lowest BCUT2D eigenvalue weighted by atomic mass is 9.87. The number of likely N-dealkylation sites (tertiary alicyclic amines) is 1. The molecule has 0 bridgehead atoms. The molecule has 0 N–H and O–H groups in total. The van der Waals surface area contributed by atoms with Gasteiger partial charge in [-0.1, -0.05) is 13.8 Å². The monoisotopic (exact) mass is 233 g/mol. The predicted octanol–water partition coefficient (Wildman–Crippen LogP) is 2.61. The molecule has 0 amide bonds. The quantitative estimate of drug-likeness (QED) is 0.517. The summed E-state index contributed by atoms with van der Waals surface area (Å²) in [5.41, 5.74) is 0. The molecule has 0 radical (unpaired) electrons. The van der Waals surface area contributed by atoms with E-state index in [9.17, 15) is 0 Å². The Bertz CT molecular complexity index is 156. The molecule has 0 aromatic rings. The van der Waals surface area contributed by atoms with Gasteiger partial charge in [-0.3, -0.25) is 0 Å². The van der Waals surface area contributed by atoms with Gasteiger partial charge < -0.3 is 9.64 Å². The fraction of sp³-hybridized carbons (Fsp3) is 1.00. The van der Waals surface area contributed by atoms with Crippen LogP contribution in [0.15, 0.2) is 0 Å². The summed E-state index contributed by atoms with van der Waals surface area (Å²) in [6.07, 6.45) is 2.71. The Kier molecular flexibility index (Phi) is 6.62. The molecule has 1 aliphatic rings. The van der Waals surface area contributed by atoms with Crippen LogP contribution in [-0.2, 0) is 4.74 Å². The third-order valence-corrected chi connectivity index (χ3v) is 3.50. The number of alkyl halides is 1. The summed E-state index contributed by atoms with van der Waals surface area (Å²) in [7, 11) is 0. The van der Waals surface area contributed by atoms with E-state index >= 15 is 0 Å². The van der Waals surface area contributed by atoms with Gasteiger partial charge in [0.25, 0.3) is 0 Å². The van der Waals surface area contributed by atoms with E-state index in [1.165, 1.54) is 25.9 Å². The summed E-state index contributed by atoms with van der Waals surface area (Å²) < 4.78 is 5.39. The zero-order valence-electron chi connectivity index (χ0n) is 10.0. The average molecular weight is 234 g/mol. The number of hydrogen-bond acceptors (Lipinski definition) is 2. The predicted molar refractivity (Wildman–Crippen MR) is 65.5 cm³/mol. The first-order chi connectivity index (χ1) is 7.24. The van der Waals surface area contributed by atoms with Gasteiger partial charge in [0, 0.05) is 12.4 Å². The van der Waals surface area contributed by atoms with E-state index in [1.54, 1.807) is 0 Å². The molecule has 1 heterocycles. The Hall–Kier alpha value is 0.210. The van der Waals surface area contributed by atoms with E-state index in [1.807, 2.05) is 0 Å². The van der Waals surface area contributed by atoms with E-state index in [0.717, 1.165) is 25.0 Å². The average Bonchev–Trinajstić information content (AvgIpc) is 2.25. The highest BCUT2D eigenvalue weighted by atomic mass is 35.5. The van der Waals surface area contributed by atoms with Gasteiger partial charge in [-0.25, -0.2) is 0 Å². The Morgan fingerprint density at radius 3 is 2.47 bits per heavy atom. The molecule has 0 aromatic carbocycles. The summed E-state index contributed by atoms with van der Waals surface area (Å²) in [5.74, 6) is 2.39. The zero-order chi connectivity index (χ0) is 11.1. The van der Waals surface area contributed by atoms with Crippen LogP contribution in [0.4, 0.5) is 0 Å². The van der Waals surface area contributed by atoms with Crippen molar-refractivity contribution in [1.82, 2.24) is 4.90 Å². The van der Waals surface area contributed by atoms with Gasteiger partial charge in [-0.05, 0) is 37.8 Å². The molecular formula is C12H24ClNO. The van der Waals surface area contributed by atoms with Crippen LogP contribution in [0.3, 0.4) is 0 Å². The molecule has 1 fully saturated rings. The first kappa shape index (κ1) is 13.3. The van der Waals surface area contributed by atoms with Gasteiger partial charge in [0.1, 0.15) is 0 Å². The van der Waals surface area contributed by atoms with Crippen molar-refractivity contribution < 1.29 is 4.74 Å². The Labute approximate surface area is 98.9 Å². The molecule has 3 heteroatoms. The molecule has 15 heavy (non-hydrogen) atoms. The molecule has 0 aliphatic carbocycles. The van der Waals surface area contributed by atoms with Crippen molar-refractivity contribution in [2.75, 3.05) is 38.7 Å². The van der Waals surface area contributed by atoms with Crippen LogP contribution >= 0.6 is 11.6 Å². The Morgan fingerprint density at radius 1 is 1.27 bits per heavy atom. The smallest absolute Gasteiger partial charge is 0.0602 e. The molecule has 2 nitrogen and oxygen atoms in total. The lowest BCUT2D eigenvalue weighted by Crippen LogP contribution is -2.37. The zero-order valence-corrected chi connectivity index (χ0v) is 10.8. The SMILES string of the molecule is CC(C)C1CCN(CCOCCCl)CC1. The van der Waals surface area contributed by atoms with Crippen molar-refractivity contribution in [3.05, 3.63) is 0 Å². The van der Waals surface area contributed by atoms with E-state index < -0.39 is 0 Å². The van der Waals surface area contributed by atoms with Gasteiger partial charge in [-0.2, -0.15) is 0 Å². The number of halogens is 1. The highest BCUT2D eigenvalue weighted by molar-refractivity contribution is 6.17. The molecule has 0 unspecified atom stereocenters. The lowest BCUT2D eigenvalue weighted by Gasteiger charge is -2.33. The van der Waals surface area contributed by atoms with Crippen LogP contribution in [0.5, 0.6) is 0 Å². The van der Waals surface area contributed by atoms with Crippen molar-refractivity contribution >= 4 is 11.6 Å². The number of rotatable bonds is 6. The largest absolute Gasteiger partial charge is 0.379 e. The standard InChI is InChI=1S/C12H24ClNO/c1-11(2)12-3-6-14(7-4-12)8-10-15-9-5-13/h11-12H,3-10H2,1-2H3. The molecule has 90 valence electrons. The normalized spacial score (nSPS) is 20.0. The minimum atomic E-state index is 0.607. The topological polar surface area (TPSA) is 12.5 Å². The molecule has 1 saturated heterocycles. The first-order valence-corrected chi connectivity index (χ1v) is 6.63. The second kappa shape index (κ2) is 7.48. The maximum atomic E-state index is 5.54.